The molecule has 0 unspecified atom stereocenters. The summed E-state index contributed by atoms with van der Waals surface area (Å²) in [6, 6.07) is 13.8. The van der Waals surface area contributed by atoms with Crippen LogP contribution in [0.25, 0.3) is 22.7 Å². The fourth-order valence-corrected chi connectivity index (χ4v) is 2.78. The summed E-state index contributed by atoms with van der Waals surface area (Å²) < 4.78 is 5.65. The van der Waals surface area contributed by atoms with Gasteiger partial charge in [0, 0.05) is 23.2 Å². The smallest absolute Gasteiger partial charge is 0.226 e. The Morgan fingerprint density at radius 2 is 1.88 bits per heavy atom. The molecule has 3 rings (SSSR count). The predicted octanol–water partition coefficient (Wildman–Crippen LogP) is 5.36. The Kier molecular flexibility index (Phi) is 4.98. The topological polar surface area (TPSA) is 55.1 Å². The molecule has 0 saturated carbocycles. The number of oxazole rings is 1. The van der Waals surface area contributed by atoms with Gasteiger partial charge in [-0.05, 0) is 50.1 Å². The molecular formula is C21H22N2O2. The SMILES string of the molecule is CCCC(=O)Nc1ccc(-c2nc(-c3ccc(C)cc3C)co2)cc1. The molecule has 128 valence electrons. The van der Waals surface area contributed by atoms with E-state index < -0.39 is 0 Å². The van der Waals surface area contributed by atoms with E-state index in [2.05, 4.69) is 42.3 Å². The number of nitrogens with zero attached hydrogens (tertiary/aromatic N) is 1. The fraction of sp³-hybridized carbons (Fsp3) is 0.238. The minimum absolute atomic E-state index is 0.0310. The van der Waals surface area contributed by atoms with Crippen LogP contribution in [0.4, 0.5) is 5.69 Å². The second-order valence-electron chi connectivity index (χ2n) is 6.23. The Morgan fingerprint density at radius 3 is 2.56 bits per heavy atom. The molecule has 0 saturated heterocycles. The number of amides is 1. The van der Waals surface area contributed by atoms with Gasteiger partial charge in [0.05, 0.1) is 0 Å². The Bertz CT molecular complexity index is 879. The molecule has 1 heterocycles. The molecule has 4 heteroatoms. The van der Waals surface area contributed by atoms with Crippen LogP contribution in [0, 0.1) is 13.8 Å². The summed E-state index contributed by atoms with van der Waals surface area (Å²) in [4.78, 5) is 16.2. The third-order valence-corrected chi connectivity index (χ3v) is 4.05. The number of rotatable bonds is 5. The maximum absolute atomic E-state index is 11.6. The van der Waals surface area contributed by atoms with E-state index in [-0.39, 0.29) is 5.91 Å². The summed E-state index contributed by atoms with van der Waals surface area (Å²) >= 11 is 0. The van der Waals surface area contributed by atoms with Crippen molar-refractivity contribution in [2.75, 3.05) is 5.32 Å². The second-order valence-corrected chi connectivity index (χ2v) is 6.23. The van der Waals surface area contributed by atoms with Gasteiger partial charge in [-0.2, -0.15) is 0 Å². The molecule has 0 aliphatic carbocycles. The Labute approximate surface area is 147 Å². The minimum Gasteiger partial charge on any atom is -0.444 e. The molecular weight excluding hydrogens is 312 g/mol. The van der Waals surface area contributed by atoms with Crippen molar-refractivity contribution in [1.29, 1.82) is 0 Å². The molecule has 4 nitrogen and oxygen atoms in total. The molecule has 1 aromatic heterocycles. The molecule has 0 spiro atoms. The number of carbonyl (C=O) groups is 1. The van der Waals surface area contributed by atoms with Gasteiger partial charge >= 0.3 is 0 Å². The van der Waals surface area contributed by atoms with Crippen LogP contribution in [0.2, 0.25) is 0 Å². The van der Waals surface area contributed by atoms with Gasteiger partial charge in [-0.1, -0.05) is 30.7 Å². The Balaban J connectivity index is 1.79. The molecule has 0 fully saturated rings. The van der Waals surface area contributed by atoms with Crippen LogP contribution >= 0.6 is 0 Å². The van der Waals surface area contributed by atoms with Gasteiger partial charge in [0.1, 0.15) is 12.0 Å². The predicted molar refractivity (Wildman–Crippen MR) is 100 cm³/mol. The number of carbonyl (C=O) groups excluding carboxylic acids is 1. The standard InChI is InChI=1S/C21H22N2O2/c1-4-5-20(24)22-17-9-7-16(8-10-17)21-23-19(13-25-21)18-11-6-14(2)12-15(18)3/h6-13H,4-5H2,1-3H3,(H,22,24). The first-order chi connectivity index (χ1) is 12.1. The van der Waals surface area contributed by atoms with Crippen LogP contribution < -0.4 is 5.32 Å². The van der Waals surface area contributed by atoms with Crippen molar-refractivity contribution < 1.29 is 9.21 Å². The van der Waals surface area contributed by atoms with Crippen molar-refractivity contribution in [2.45, 2.75) is 33.6 Å². The lowest BCUT2D eigenvalue weighted by Crippen LogP contribution is -2.10. The van der Waals surface area contributed by atoms with E-state index in [0.717, 1.165) is 28.9 Å². The average Bonchev–Trinajstić information content (AvgIpc) is 3.05. The summed E-state index contributed by atoms with van der Waals surface area (Å²) in [7, 11) is 0. The van der Waals surface area contributed by atoms with Crippen molar-refractivity contribution in [2.24, 2.45) is 0 Å². The zero-order valence-electron chi connectivity index (χ0n) is 14.8. The molecule has 0 aliphatic rings. The summed E-state index contributed by atoms with van der Waals surface area (Å²) in [6.45, 7) is 6.13. The third kappa shape index (κ3) is 3.97. The highest BCUT2D eigenvalue weighted by atomic mass is 16.3. The van der Waals surface area contributed by atoms with Gasteiger partial charge in [0.25, 0.3) is 0 Å². The number of aromatic nitrogens is 1. The van der Waals surface area contributed by atoms with Crippen molar-refractivity contribution in [3.05, 3.63) is 59.9 Å². The number of nitrogens with one attached hydrogen (secondary N) is 1. The number of anilines is 1. The zero-order chi connectivity index (χ0) is 17.8. The van der Waals surface area contributed by atoms with E-state index in [1.54, 1.807) is 6.26 Å². The summed E-state index contributed by atoms with van der Waals surface area (Å²) in [5.41, 5.74) is 5.96. The molecule has 1 N–H and O–H groups in total. The van der Waals surface area contributed by atoms with Crippen LogP contribution in [-0.4, -0.2) is 10.9 Å². The van der Waals surface area contributed by atoms with Crippen LogP contribution in [0.15, 0.2) is 53.1 Å². The lowest BCUT2D eigenvalue weighted by molar-refractivity contribution is -0.116. The molecule has 3 aromatic rings. The van der Waals surface area contributed by atoms with Gasteiger partial charge < -0.3 is 9.73 Å². The van der Waals surface area contributed by atoms with E-state index in [9.17, 15) is 4.79 Å². The van der Waals surface area contributed by atoms with E-state index in [4.69, 9.17) is 4.42 Å². The Hall–Kier alpha value is -2.88. The molecule has 1 amide bonds. The van der Waals surface area contributed by atoms with Crippen molar-refractivity contribution in [3.8, 4) is 22.7 Å². The maximum atomic E-state index is 11.6. The minimum atomic E-state index is 0.0310. The monoisotopic (exact) mass is 334 g/mol. The number of benzene rings is 2. The first-order valence-electron chi connectivity index (χ1n) is 8.50. The second kappa shape index (κ2) is 7.34. The number of aryl methyl sites for hydroxylation is 2. The highest BCUT2D eigenvalue weighted by Crippen LogP contribution is 2.28. The lowest BCUT2D eigenvalue weighted by Gasteiger charge is -2.04. The number of hydrogen-bond donors (Lipinski definition) is 1. The zero-order valence-corrected chi connectivity index (χ0v) is 14.8. The largest absolute Gasteiger partial charge is 0.444 e. The molecule has 2 aromatic carbocycles. The first-order valence-corrected chi connectivity index (χ1v) is 8.50. The highest BCUT2D eigenvalue weighted by molar-refractivity contribution is 5.90. The van der Waals surface area contributed by atoms with Crippen LogP contribution in [0.5, 0.6) is 0 Å². The molecule has 0 radical (unpaired) electrons. The normalized spacial score (nSPS) is 10.7. The van der Waals surface area contributed by atoms with Gasteiger partial charge in [-0.3, -0.25) is 4.79 Å². The van der Waals surface area contributed by atoms with E-state index >= 15 is 0 Å². The van der Waals surface area contributed by atoms with Crippen LogP contribution in [0.1, 0.15) is 30.9 Å². The van der Waals surface area contributed by atoms with Crippen LogP contribution in [-0.2, 0) is 4.79 Å². The van der Waals surface area contributed by atoms with E-state index in [1.807, 2.05) is 31.2 Å². The van der Waals surface area contributed by atoms with Gasteiger partial charge in [-0.15, -0.1) is 0 Å². The summed E-state index contributed by atoms with van der Waals surface area (Å²) in [6.07, 6.45) is 3.05. The quantitative estimate of drug-likeness (QED) is 0.683. The van der Waals surface area contributed by atoms with Gasteiger partial charge in [0.2, 0.25) is 11.8 Å². The highest BCUT2D eigenvalue weighted by Gasteiger charge is 2.11. The first kappa shape index (κ1) is 17.0. The molecule has 0 aliphatic heterocycles. The molecule has 0 atom stereocenters. The van der Waals surface area contributed by atoms with E-state index in [0.29, 0.717) is 12.3 Å². The maximum Gasteiger partial charge on any atom is 0.226 e. The summed E-state index contributed by atoms with van der Waals surface area (Å²) in [5, 5.41) is 2.88. The van der Waals surface area contributed by atoms with E-state index in [1.165, 1.54) is 11.1 Å². The number of hydrogen-bond acceptors (Lipinski definition) is 3. The van der Waals surface area contributed by atoms with Crippen LogP contribution in [0.3, 0.4) is 0 Å². The third-order valence-electron chi connectivity index (χ3n) is 4.05. The molecule has 0 bridgehead atoms. The van der Waals surface area contributed by atoms with Crippen molar-refractivity contribution >= 4 is 11.6 Å². The average molecular weight is 334 g/mol. The molecule has 25 heavy (non-hydrogen) atoms. The van der Waals surface area contributed by atoms with Crippen molar-refractivity contribution in [3.63, 3.8) is 0 Å². The van der Waals surface area contributed by atoms with Crippen molar-refractivity contribution in [1.82, 2.24) is 4.98 Å². The fourth-order valence-electron chi connectivity index (χ4n) is 2.78. The van der Waals surface area contributed by atoms with Gasteiger partial charge in [-0.25, -0.2) is 4.98 Å². The Morgan fingerprint density at radius 1 is 1.12 bits per heavy atom. The summed E-state index contributed by atoms with van der Waals surface area (Å²) in [5.74, 6) is 0.602. The lowest BCUT2D eigenvalue weighted by atomic mass is 10.0. The van der Waals surface area contributed by atoms with Gasteiger partial charge in [0.15, 0.2) is 0 Å².